The van der Waals surface area contributed by atoms with E-state index in [0.717, 1.165) is 11.3 Å². The van der Waals surface area contributed by atoms with Crippen molar-refractivity contribution in [3.8, 4) is 0 Å². The molecule has 3 aliphatic heterocycles. The number of rotatable bonds is 4. The van der Waals surface area contributed by atoms with Gasteiger partial charge in [-0.1, -0.05) is 36.7 Å². The van der Waals surface area contributed by atoms with E-state index in [1.165, 1.54) is 16.2 Å². The van der Waals surface area contributed by atoms with Crippen molar-refractivity contribution in [3.05, 3.63) is 57.3 Å². The maximum atomic E-state index is 13.6. The molecule has 0 N–H and O–H groups in total. The van der Waals surface area contributed by atoms with E-state index in [9.17, 15) is 14.4 Å². The van der Waals surface area contributed by atoms with Crippen LogP contribution in [0.4, 0.5) is 5.69 Å². The predicted molar refractivity (Wildman–Crippen MR) is 118 cm³/mol. The van der Waals surface area contributed by atoms with E-state index in [2.05, 4.69) is 0 Å². The van der Waals surface area contributed by atoms with Gasteiger partial charge in [-0.2, -0.15) is 0 Å². The number of carbonyl (C=O) groups is 3. The third-order valence-corrected chi connectivity index (χ3v) is 7.69. The molecule has 0 bridgehead atoms. The topological polar surface area (TPSA) is 57.7 Å². The van der Waals surface area contributed by atoms with E-state index in [-0.39, 0.29) is 29.7 Å². The Morgan fingerprint density at radius 1 is 1.20 bits per heavy atom. The first kappa shape index (κ1) is 19.5. The molecule has 5 rings (SSSR count). The van der Waals surface area contributed by atoms with Gasteiger partial charge < -0.3 is 4.90 Å². The Morgan fingerprint density at radius 2 is 1.97 bits per heavy atom. The summed E-state index contributed by atoms with van der Waals surface area (Å²) in [5, 5.41) is 2.46. The molecule has 0 aliphatic carbocycles. The number of hydrogen-bond donors (Lipinski definition) is 0. The van der Waals surface area contributed by atoms with Gasteiger partial charge in [-0.15, -0.1) is 11.3 Å². The van der Waals surface area contributed by atoms with Crippen molar-refractivity contribution < 1.29 is 14.4 Å². The Hall–Kier alpha value is -2.44. The molecule has 1 aromatic carbocycles. The minimum absolute atomic E-state index is 0.106. The van der Waals surface area contributed by atoms with Crippen LogP contribution in [-0.2, 0) is 9.59 Å². The molecule has 4 heterocycles. The van der Waals surface area contributed by atoms with Crippen LogP contribution in [0.3, 0.4) is 0 Å². The van der Waals surface area contributed by atoms with Crippen LogP contribution in [0.25, 0.3) is 6.08 Å². The highest BCUT2D eigenvalue weighted by atomic mass is 35.5. The number of thiophene rings is 1. The van der Waals surface area contributed by atoms with Crippen LogP contribution in [0, 0.1) is 11.8 Å². The highest BCUT2D eigenvalue weighted by Crippen LogP contribution is 2.50. The summed E-state index contributed by atoms with van der Waals surface area (Å²) in [4.78, 5) is 44.5. The summed E-state index contributed by atoms with van der Waals surface area (Å²) in [7, 11) is 0. The normalized spacial score (nSPS) is 27.8. The number of fused-ring (bicyclic) bond motifs is 5. The van der Waals surface area contributed by atoms with Crippen molar-refractivity contribution in [3.63, 3.8) is 0 Å². The van der Waals surface area contributed by atoms with Gasteiger partial charge in [-0.05, 0) is 48.6 Å². The van der Waals surface area contributed by atoms with Crippen molar-refractivity contribution in [2.45, 2.75) is 38.4 Å². The van der Waals surface area contributed by atoms with Crippen LogP contribution in [-0.4, -0.2) is 40.6 Å². The molecular weight excluding hydrogens is 420 g/mol. The number of carbonyl (C=O) groups excluding carboxylic acids is 3. The van der Waals surface area contributed by atoms with E-state index in [1.54, 1.807) is 12.1 Å². The van der Waals surface area contributed by atoms with Crippen LogP contribution in [0.2, 0.25) is 5.02 Å². The van der Waals surface area contributed by atoms with Crippen molar-refractivity contribution in [2.24, 2.45) is 11.8 Å². The molecule has 0 saturated carbocycles. The number of nitrogens with zero attached hydrogens (tertiary/aromatic N) is 2. The Bertz CT molecular complexity index is 1080. The number of likely N-dealkylation sites (tertiary alicyclic amines) is 1. The first-order chi connectivity index (χ1) is 14.4. The average molecular weight is 441 g/mol. The molecule has 3 aliphatic rings. The molecule has 2 saturated heterocycles. The smallest absolute Gasteiger partial charge is 0.236 e. The zero-order chi connectivity index (χ0) is 21.2. The summed E-state index contributed by atoms with van der Waals surface area (Å²) in [6.07, 6.45) is 4.58. The van der Waals surface area contributed by atoms with Crippen LogP contribution in [0.15, 0.2) is 41.8 Å². The molecule has 0 spiro atoms. The maximum Gasteiger partial charge on any atom is 0.236 e. The van der Waals surface area contributed by atoms with E-state index >= 15 is 0 Å². The van der Waals surface area contributed by atoms with Crippen molar-refractivity contribution >= 4 is 52.3 Å². The number of anilines is 1. The predicted octanol–water partition coefficient (Wildman–Crippen LogP) is 4.27. The summed E-state index contributed by atoms with van der Waals surface area (Å²) in [6, 6.07) is 7.90. The Morgan fingerprint density at radius 3 is 2.67 bits per heavy atom. The molecule has 5 atom stereocenters. The van der Waals surface area contributed by atoms with Gasteiger partial charge in [-0.25, -0.2) is 0 Å². The fraction of sp³-hybridized carbons (Fsp3) is 0.348. The number of amides is 2. The summed E-state index contributed by atoms with van der Waals surface area (Å²) < 4.78 is 0. The van der Waals surface area contributed by atoms with E-state index in [1.807, 2.05) is 54.5 Å². The third-order valence-electron chi connectivity index (χ3n) is 6.57. The lowest BCUT2D eigenvalue weighted by Gasteiger charge is -2.37. The van der Waals surface area contributed by atoms with Gasteiger partial charge in [0, 0.05) is 16.8 Å². The van der Waals surface area contributed by atoms with E-state index in [0.29, 0.717) is 16.3 Å². The highest BCUT2D eigenvalue weighted by Gasteiger charge is 2.64. The minimum Gasteiger partial charge on any atom is -0.352 e. The van der Waals surface area contributed by atoms with Gasteiger partial charge >= 0.3 is 0 Å². The number of benzene rings is 1. The first-order valence-electron chi connectivity index (χ1n) is 10.1. The minimum atomic E-state index is -0.714. The second kappa shape index (κ2) is 7.06. The molecule has 0 radical (unpaired) electrons. The monoisotopic (exact) mass is 440 g/mol. The molecule has 2 fully saturated rings. The Labute approximate surface area is 183 Å². The van der Waals surface area contributed by atoms with Gasteiger partial charge in [0.15, 0.2) is 5.78 Å². The number of imide groups is 1. The SMILES string of the molecule is CC[C@H](C)N1C(=O)[C@@H]2[C@H](C1=O)[C@@H](C(=O)c1cccs1)N1c3ccc(Cl)cc3C=C[C@H]21. The number of ketones is 1. The molecule has 0 unspecified atom stereocenters. The zero-order valence-electron chi connectivity index (χ0n) is 16.6. The first-order valence-corrected chi connectivity index (χ1v) is 11.4. The number of hydrogen-bond acceptors (Lipinski definition) is 5. The standard InChI is InChI=1S/C23H21ClN2O3S/c1-3-12(2)25-22(28)18-16-8-6-13-11-14(24)7-9-15(13)26(16)20(19(18)23(25)29)21(27)17-5-4-10-30-17/h4-12,16,18-20H,3H2,1-2H3/t12-,16+,18-,19-,20-/m0/s1. The lowest BCUT2D eigenvalue weighted by molar-refractivity contribution is -0.142. The zero-order valence-corrected chi connectivity index (χ0v) is 18.2. The molecule has 2 aromatic rings. The molecule has 7 heteroatoms. The van der Waals surface area contributed by atoms with Crippen LogP contribution >= 0.6 is 22.9 Å². The van der Waals surface area contributed by atoms with Crippen molar-refractivity contribution in [1.82, 2.24) is 4.90 Å². The van der Waals surface area contributed by atoms with E-state index in [4.69, 9.17) is 11.6 Å². The Balaban J connectivity index is 1.66. The van der Waals surface area contributed by atoms with Gasteiger partial charge in [-0.3, -0.25) is 19.3 Å². The van der Waals surface area contributed by atoms with Crippen LogP contribution < -0.4 is 4.90 Å². The molecule has 1 aromatic heterocycles. The summed E-state index contributed by atoms with van der Waals surface area (Å²) >= 11 is 7.54. The van der Waals surface area contributed by atoms with Crippen molar-refractivity contribution in [1.29, 1.82) is 0 Å². The number of Topliss-reactive ketones (excluding diaryl/α,β-unsaturated/α-hetero) is 1. The quantitative estimate of drug-likeness (QED) is 0.526. The second-order valence-electron chi connectivity index (χ2n) is 8.10. The molecule has 2 amide bonds. The summed E-state index contributed by atoms with van der Waals surface area (Å²) in [6.45, 7) is 3.85. The van der Waals surface area contributed by atoms with Crippen LogP contribution in [0.1, 0.15) is 35.5 Å². The molecule has 30 heavy (non-hydrogen) atoms. The molecule has 154 valence electrons. The number of halogens is 1. The molecule has 5 nitrogen and oxygen atoms in total. The average Bonchev–Trinajstić information content (AvgIpc) is 3.43. The second-order valence-corrected chi connectivity index (χ2v) is 9.49. The summed E-state index contributed by atoms with van der Waals surface area (Å²) in [5.41, 5.74) is 1.73. The largest absolute Gasteiger partial charge is 0.352 e. The Kier molecular flexibility index (Phi) is 4.60. The van der Waals surface area contributed by atoms with Gasteiger partial charge in [0.05, 0.1) is 22.8 Å². The maximum absolute atomic E-state index is 13.6. The fourth-order valence-corrected chi connectivity index (χ4v) is 5.93. The highest BCUT2D eigenvalue weighted by molar-refractivity contribution is 7.12. The fourth-order valence-electron chi connectivity index (χ4n) is 5.05. The molecular formula is C23H21ClN2O3S. The third kappa shape index (κ3) is 2.63. The van der Waals surface area contributed by atoms with Gasteiger partial charge in [0.1, 0.15) is 6.04 Å². The van der Waals surface area contributed by atoms with Crippen molar-refractivity contribution in [2.75, 3.05) is 4.90 Å². The lowest BCUT2D eigenvalue weighted by atomic mass is 9.87. The lowest BCUT2D eigenvalue weighted by Crippen LogP contribution is -2.50. The van der Waals surface area contributed by atoms with E-state index < -0.39 is 17.9 Å². The van der Waals surface area contributed by atoms with Crippen LogP contribution in [0.5, 0.6) is 0 Å². The van der Waals surface area contributed by atoms with Gasteiger partial charge in [0.25, 0.3) is 0 Å². The summed E-state index contributed by atoms with van der Waals surface area (Å²) in [5.74, 6) is -1.74. The van der Waals surface area contributed by atoms with Gasteiger partial charge in [0.2, 0.25) is 11.8 Å².